The van der Waals surface area contributed by atoms with E-state index in [1.165, 1.54) is 16.9 Å². The molecule has 10 heteroatoms. The van der Waals surface area contributed by atoms with Crippen molar-refractivity contribution in [3.63, 3.8) is 0 Å². The number of carboxylic acid groups (broad SMARTS) is 1. The zero-order chi connectivity index (χ0) is 20.7. The Kier molecular flexibility index (Phi) is 4.69. The van der Waals surface area contributed by atoms with Crippen LogP contribution in [0.15, 0.2) is 24.3 Å². The maximum absolute atomic E-state index is 13.2. The third-order valence-electron chi connectivity index (χ3n) is 5.47. The summed E-state index contributed by atoms with van der Waals surface area (Å²) < 4.78 is 7.03. The average Bonchev–Trinajstić information content (AvgIpc) is 3.29. The van der Waals surface area contributed by atoms with E-state index in [2.05, 4.69) is 10.2 Å². The molecule has 29 heavy (non-hydrogen) atoms. The molecule has 4 rings (SSSR count). The van der Waals surface area contributed by atoms with Crippen LogP contribution in [-0.4, -0.2) is 62.3 Å². The second kappa shape index (κ2) is 7.19. The Morgan fingerprint density at radius 2 is 1.97 bits per heavy atom. The number of fused-ring (bicyclic) bond motifs is 1. The molecule has 152 valence electrons. The van der Waals surface area contributed by atoms with Gasteiger partial charge in [0.2, 0.25) is 11.8 Å². The van der Waals surface area contributed by atoms with Crippen molar-refractivity contribution >= 4 is 23.5 Å². The van der Waals surface area contributed by atoms with Crippen LogP contribution in [0.5, 0.6) is 5.75 Å². The second-order valence-corrected chi connectivity index (χ2v) is 7.17. The molecule has 0 saturated carbocycles. The van der Waals surface area contributed by atoms with Crippen LogP contribution in [-0.2, 0) is 27.5 Å². The van der Waals surface area contributed by atoms with Gasteiger partial charge in [-0.2, -0.15) is 0 Å². The smallest absolute Gasteiger partial charge is 0.328 e. The number of benzene rings is 1. The van der Waals surface area contributed by atoms with Crippen LogP contribution in [0.2, 0.25) is 0 Å². The number of rotatable bonds is 4. The van der Waals surface area contributed by atoms with E-state index in [9.17, 15) is 19.5 Å². The molecule has 1 aromatic carbocycles. The minimum atomic E-state index is -1.09. The standard InChI is InChI=1S/C19H21N5O5/c1-11-20-21-16-10-24(14(19(27)28)9-22(11)16)18(26)12-7-17(25)23(8-12)13-5-3-4-6-15(13)29-2/h3-6,12,14H,7-10H2,1-2H3,(H,27,28). The lowest BCUT2D eigenvalue weighted by atomic mass is 10.0. The Bertz CT molecular complexity index is 987. The monoisotopic (exact) mass is 399 g/mol. The van der Waals surface area contributed by atoms with Crippen molar-refractivity contribution in [3.8, 4) is 5.75 Å². The number of aromatic nitrogens is 3. The van der Waals surface area contributed by atoms with Crippen molar-refractivity contribution in [2.24, 2.45) is 5.92 Å². The fraction of sp³-hybridized carbons (Fsp3) is 0.421. The number of amides is 2. The lowest BCUT2D eigenvalue weighted by Gasteiger charge is -2.35. The number of carboxylic acids is 1. The summed E-state index contributed by atoms with van der Waals surface area (Å²) in [5.74, 6) is -0.603. The topological polar surface area (TPSA) is 118 Å². The van der Waals surface area contributed by atoms with Crippen molar-refractivity contribution in [2.75, 3.05) is 18.6 Å². The highest BCUT2D eigenvalue weighted by Gasteiger charge is 2.43. The highest BCUT2D eigenvalue weighted by Crippen LogP contribution is 2.34. The number of carbonyl (C=O) groups is 3. The summed E-state index contributed by atoms with van der Waals surface area (Å²) in [5.41, 5.74) is 0.596. The molecule has 1 fully saturated rings. The normalized spacial score (nSPS) is 21.2. The molecule has 3 heterocycles. The summed E-state index contributed by atoms with van der Waals surface area (Å²) in [6.45, 7) is 2.06. The average molecular weight is 399 g/mol. The molecule has 0 bridgehead atoms. The number of nitrogens with zero attached hydrogens (tertiary/aromatic N) is 5. The number of ether oxygens (including phenoxy) is 1. The van der Waals surface area contributed by atoms with Crippen LogP contribution in [0.3, 0.4) is 0 Å². The van der Waals surface area contributed by atoms with E-state index in [-0.39, 0.29) is 37.9 Å². The number of aryl methyl sites for hydroxylation is 1. The van der Waals surface area contributed by atoms with Gasteiger partial charge in [0.05, 0.1) is 31.8 Å². The van der Waals surface area contributed by atoms with Crippen molar-refractivity contribution < 1.29 is 24.2 Å². The van der Waals surface area contributed by atoms with Crippen molar-refractivity contribution in [2.45, 2.75) is 32.5 Å². The van der Waals surface area contributed by atoms with Crippen molar-refractivity contribution in [3.05, 3.63) is 35.9 Å². The molecule has 0 radical (unpaired) electrons. The van der Waals surface area contributed by atoms with E-state index in [1.54, 1.807) is 35.8 Å². The predicted octanol–water partition coefficient (Wildman–Crippen LogP) is 0.444. The Labute approximate surface area is 166 Å². The second-order valence-electron chi connectivity index (χ2n) is 7.17. The van der Waals surface area contributed by atoms with Crippen molar-refractivity contribution in [1.82, 2.24) is 19.7 Å². The number of para-hydroxylation sites is 2. The van der Waals surface area contributed by atoms with E-state index in [1.807, 2.05) is 0 Å². The first-order chi connectivity index (χ1) is 13.9. The molecule has 1 aromatic heterocycles. The summed E-state index contributed by atoms with van der Waals surface area (Å²) in [6.07, 6.45) is 0.0193. The van der Waals surface area contributed by atoms with Gasteiger partial charge in [0, 0.05) is 13.0 Å². The molecule has 2 amide bonds. The van der Waals surface area contributed by atoms with Gasteiger partial charge in [-0.3, -0.25) is 9.59 Å². The molecule has 2 unspecified atom stereocenters. The van der Waals surface area contributed by atoms with Crippen LogP contribution in [0, 0.1) is 12.8 Å². The van der Waals surface area contributed by atoms with Crippen LogP contribution < -0.4 is 9.64 Å². The van der Waals surface area contributed by atoms with Gasteiger partial charge in [0.25, 0.3) is 0 Å². The Hall–Kier alpha value is -3.43. The number of carbonyl (C=O) groups excluding carboxylic acids is 2. The molecule has 1 saturated heterocycles. The SMILES string of the molecule is COc1ccccc1N1CC(C(=O)N2Cc3nnc(C)n3CC2C(=O)O)CC1=O. The summed E-state index contributed by atoms with van der Waals surface area (Å²) in [7, 11) is 1.52. The van der Waals surface area contributed by atoms with E-state index in [0.717, 1.165) is 0 Å². The van der Waals surface area contributed by atoms with Gasteiger partial charge in [-0.05, 0) is 19.1 Å². The Morgan fingerprint density at radius 3 is 2.69 bits per heavy atom. The molecular formula is C19H21N5O5. The lowest BCUT2D eigenvalue weighted by Crippen LogP contribution is -2.52. The first-order valence-corrected chi connectivity index (χ1v) is 9.26. The molecule has 2 aliphatic rings. The maximum atomic E-state index is 13.2. The van der Waals surface area contributed by atoms with E-state index in [0.29, 0.717) is 23.1 Å². The van der Waals surface area contributed by atoms with Gasteiger partial charge < -0.3 is 24.2 Å². The van der Waals surface area contributed by atoms with Crippen LogP contribution in [0.4, 0.5) is 5.69 Å². The van der Waals surface area contributed by atoms with Gasteiger partial charge in [0.15, 0.2) is 5.82 Å². The largest absolute Gasteiger partial charge is 0.495 e. The first kappa shape index (κ1) is 18.9. The van der Waals surface area contributed by atoms with Gasteiger partial charge in [-0.15, -0.1) is 10.2 Å². The van der Waals surface area contributed by atoms with Crippen molar-refractivity contribution in [1.29, 1.82) is 0 Å². The molecule has 0 spiro atoms. The lowest BCUT2D eigenvalue weighted by molar-refractivity contribution is -0.154. The number of methoxy groups -OCH3 is 1. The fourth-order valence-corrected chi connectivity index (χ4v) is 3.95. The number of anilines is 1. The highest BCUT2D eigenvalue weighted by molar-refractivity contribution is 6.01. The summed E-state index contributed by atoms with van der Waals surface area (Å²) in [5, 5.41) is 17.7. The van der Waals surface area contributed by atoms with Crippen LogP contribution >= 0.6 is 0 Å². The minimum absolute atomic E-state index is 0.0193. The predicted molar refractivity (Wildman–Crippen MR) is 100 cm³/mol. The van der Waals surface area contributed by atoms with Gasteiger partial charge in [-0.25, -0.2) is 4.79 Å². The maximum Gasteiger partial charge on any atom is 0.328 e. The first-order valence-electron chi connectivity index (χ1n) is 9.26. The molecule has 2 aliphatic heterocycles. The number of hydrogen-bond acceptors (Lipinski definition) is 6. The third-order valence-corrected chi connectivity index (χ3v) is 5.47. The zero-order valence-corrected chi connectivity index (χ0v) is 16.1. The van der Waals surface area contributed by atoms with Crippen LogP contribution in [0.25, 0.3) is 0 Å². The van der Waals surface area contributed by atoms with Gasteiger partial charge >= 0.3 is 5.97 Å². The van der Waals surface area contributed by atoms with E-state index in [4.69, 9.17) is 4.74 Å². The summed E-state index contributed by atoms with van der Waals surface area (Å²) in [4.78, 5) is 40.5. The summed E-state index contributed by atoms with van der Waals surface area (Å²) >= 11 is 0. The number of aliphatic carboxylic acids is 1. The highest BCUT2D eigenvalue weighted by atomic mass is 16.5. The molecule has 2 atom stereocenters. The van der Waals surface area contributed by atoms with Crippen LogP contribution in [0.1, 0.15) is 18.1 Å². The Morgan fingerprint density at radius 1 is 1.21 bits per heavy atom. The third kappa shape index (κ3) is 3.20. The zero-order valence-electron chi connectivity index (χ0n) is 16.1. The molecule has 10 nitrogen and oxygen atoms in total. The molecule has 2 aromatic rings. The number of hydrogen-bond donors (Lipinski definition) is 1. The van der Waals surface area contributed by atoms with Gasteiger partial charge in [0.1, 0.15) is 17.6 Å². The fourth-order valence-electron chi connectivity index (χ4n) is 3.95. The molecule has 1 N–H and O–H groups in total. The van der Waals surface area contributed by atoms with E-state index >= 15 is 0 Å². The quantitative estimate of drug-likeness (QED) is 0.793. The minimum Gasteiger partial charge on any atom is -0.495 e. The van der Waals surface area contributed by atoms with E-state index < -0.39 is 17.9 Å². The molecular weight excluding hydrogens is 378 g/mol. The summed E-state index contributed by atoms with van der Waals surface area (Å²) in [6, 6.07) is 6.07. The Balaban J connectivity index is 1.58. The molecule has 0 aliphatic carbocycles. The van der Waals surface area contributed by atoms with Gasteiger partial charge in [-0.1, -0.05) is 12.1 Å².